The van der Waals surface area contributed by atoms with Gasteiger partial charge in [-0.25, -0.2) is 0 Å². The van der Waals surface area contributed by atoms with Crippen molar-refractivity contribution >= 4 is 11.4 Å². The highest BCUT2D eigenvalue weighted by Gasteiger charge is 2.48. The lowest BCUT2D eigenvalue weighted by molar-refractivity contribution is 0.535. The molecule has 0 amide bonds. The standard InChI is InChI=1S/C11H17N3/c1-3-11(2)5-10(11)14-9-4-8(12)6-13-7-9/h4,6-7,10,14H,3,5,12H2,1-2H3. The molecule has 1 aromatic heterocycles. The Bertz CT molecular complexity index is 337. The summed E-state index contributed by atoms with van der Waals surface area (Å²) in [6, 6.07) is 2.53. The summed E-state index contributed by atoms with van der Waals surface area (Å²) in [5.74, 6) is 0. The average molecular weight is 191 g/mol. The number of anilines is 2. The number of rotatable bonds is 3. The van der Waals surface area contributed by atoms with Crippen LogP contribution in [-0.4, -0.2) is 11.0 Å². The highest BCUT2D eigenvalue weighted by Crippen LogP contribution is 2.49. The Morgan fingerprint density at radius 2 is 2.43 bits per heavy atom. The zero-order chi connectivity index (χ0) is 10.2. The van der Waals surface area contributed by atoms with E-state index in [0.29, 0.717) is 17.1 Å². The van der Waals surface area contributed by atoms with Gasteiger partial charge in [0.25, 0.3) is 0 Å². The van der Waals surface area contributed by atoms with E-state index in [1.54, 1.807) is 6.20 Å². The first-order chi connectivity index (χ1) is 6.64. The molecule has 1 aromatic rings. The molecule has 0 radical (unpaired) electrons. The molecule has 14 heavy (non-hydrogen) atoms. The quantitative estimate of drug-likeness (QED) is 0.770. The van der Waals surface area contributed by atoms with Gasteiger partial charge in [-0.05, 0) is 24.3 Å². The second-order valence-corrected chi connectivity index (χ2v) is 4.42. The van der Waals surface area contributed by atoms with Gasteiger partial charge in [-0.1, -0.05) is 13.8 Å². The summed E-state index contributed by atoms with van der Waals surface area (Å²) in [4.78, 5) is 4.05. The summed E-state index contributed by atoms with van der Waals surface area (Å²) in [6.07, 6.45) is 5.96. The van der Waals surface area contributed by atoms with Crippen LogP contribution in [0.15, 0.2) is 18.5 Å². The van der Waals surface area contributed by atoms with E-state index in [1.165, 1.54) is 12.8 Å². The van der Waals surface area contributed by atoms with Gasteiger partial charge in [0.2, 0.25) is 0 Å². The number of nitrogen functional groups attached to an aromatic ring is 1. The fourth-order valence-corrected chi connectivity index (χ4v) is 1.76. The maximum Gasteiger partial charge on any atom is 0.0549 e. The van der Waals surface area contributed by atoms with Crippen molar-refractivity contribution in [3.8, 4) is 0 Å². The molecular formula is C11H17N3. The van der Waals surface area contributed by atoms with Crippen molar-refractivity contribution in [2.45, 2.75) is 32.7 Å². The van der Waals surface area contributed by atoms with Crippen molar-refractivity contribution in [3.63, 3.8) is 0 Å². The van der Waals surface area contributed by atoms with Crippen molar-refractivity contribution < 1.29 is 0 Å². The molecular weight excluding hydrogens is 174 g/mol. The molecule has 2 rings (SSSR count). The van der Waals surface area contributed by atoms with Crippen LogP contribution in [0.4, 0.5) is 11.4 Å². The van der Waals surface area contributed by atoms with Gasteiger partial charge in [-0.2, -0.15) is 0 Å². The molecule has 3 heteroatoms. The molecule has 0 aliphatic heterocycles. The Balaban J connectivity index is 2.00. The molecule has 1 aliphatic rings. The van der Waals surface area contributed by atoms with E-state index in [0.717, 1.165) is 5.69 Å². The molecule has 76 valence electrons. The molecule has 1 fully saturated rings. The minimum absolute atomic E-state index is 0.477. The van der Waals surface area contributed by atoms with Crippen molar-refractivity contribution in [1.82, 2.24) is 4.98 Å². The van der Waals surface area contributed by atoms with E-state index in [4.69, 9.17) is 5.73 Å². The van der Waals surface area contributed by atoms with Gasteiger partial charge in [0.05, 0.1) is 17.6 Å². The van der Waals surface area contributed by atoms with Gasteiger partial charge in [0, 0.05) is 12.2 Å². The Labute approximate surface area is 84.7 Å². The molecule has 0 spiro atoms. The molecule has 1 aliphatic carbocycles. The van der Waals surface area contributed by atoms with Crippen LogP contribution in [0.5, 0.6) is 0 Å². The van der Waals surface area contributed by atoms with Crippen molar-refractivity contribution in [2.75, 3.05) is 11.1 Å². The van der Waals surface area contributed by atoms with Gasteiger partial charge < -0.3 is 11.1 Å². The first kappa shape index (κ1) is 9.31. The Morgan fingerprint density at radius 1 is 1.64 bits per heavy atom. The first-order valence-electron chi connectivity index (χ1n) is 5.11. The average Bonchev–Trinajstić information content (AvgIpc) is 2.78. The monoisotopic (exact) mass is 191 g/mol. The molecule has 0 saturated heterocycles. The summed E-state index contributed by atoms with van der Waals surface area (Å²) in [5.41, 5.74) is 7.88. The van der Waals surface area contributed by atoms with Crippen LogP contribution in [0.2, 0.25) is 0 Å². The Hall–Kier alpha value is -1.25. The molecule has 2 unspecified atom stereocenters. The van der Waals surface area contributed by atoms with Crippen LogP contribution >= 0.6 is 0 Å². The number of hydrogen-bond donors (Lipinski definition) is 2. The molecule has 2 atom stereocenters. The van der Waals surface area contributed by atoms with Crippen LogP contribution in [0.25, 0.3) is 0 Å². The van der Waals surface area contributed by atoms with E-state index >= 15 is 0 Å². The number of hydrogen-bond acceptors (Lipinski definition) is 3. The maximum atomic E-state index is 5.65. The lowest BCUT2D eigenvalue weighted by Crippen LogP contribution is -2.10. The number of aromatic nitrogens is 1. The van der Waals surface area contributed by atoms with E-state index in [1.807, 2.05) is 12.3 Å². The highest BCUT2D eigenvalue weighted by atomic mass is 15.0. The van der Waals surface area contributed by atoms with Crippen molar-refractivity contribution in [1.29, 1.82) is 0 Å². The summed E-state index contributed by atoms with van der Waals surface area (Å²) >= 11 is 0. The predicted octanol–water partition coefficient (Wildman–Crippen LogP) is 2.26. The zero-order valence-corrected chi connectivity index (χ0v) is 8.75. The van der Waals surface area contributed by atoms with Crippen molar-refractivity contribution in [2.24, 2.45) is 5.41 Å². The minimum Gasteiger partial charge on any atom is -0.397 e. The first-order valence-corrected chi connectivity index (χ1v) is 5.11. The van der Waals surface area contributed by atoms with Crippen molar-refractivity contribution in [3.05, 3.63) is 18.5 Å². The van der Waals surface area contributed by atoms with Gasteiger partial charge in [-0.15, -0.1) is 0 Å². The lowest BCUT2D eigenvalue weighted by Gasteiger charge is -2.10. The fraction of sp³-hybridized carbons (Fsp3) is 0.545. The Morgan fingerprint density at radius 3 is 3.00 bits per heavy atom. The topological polar surface area (TPSA) is 50.9 Å². The Kier molecular flexibility index (Phi) is 2.10. The number of nitrogens with zero attached hydrogens (tertiary/aromatic N) is 1. The van der Waals surface area contributed by atoms with E-state index in [9.17, 15) is 0 Å². The van der Waals surface area contributed by atoms with Gasteiger partial charge in [0.15, 0.2) is 0 Å². The van der Waals surface area contributed by atoms with Crippen LogP contribution in [0.3, 0.4) is 0 Å². The molecule has 3 N–H and O–H groups in total. The molecule has 1 saturated carbocycles. The molecule has 3 nitrogen and oxygen atoms in total. The third kappa shape index (κ3) is 1.67. The molecule has 1 heterocycles. The summed E-state index contributed by atoms with van der Waals surface area (Å²) in [5, 5.41) is 3.46. The third-order valence-electron chi connectivity index (χ3n) is 3.26. The summed E-state index contributed by atoms with van der Waals surface area (Å²) < 4.78 is 0. The highest BCUT2D eigenvalue weighted by molar-refractivity contribution is 5.52. The van der Waals surface area contributed by atoms with Gasteiger partial charge >= 0.3 is 0 Å². The lowest BCUT2D eigenvalue weighted by atomic mass is 10.1. The van der Waals surface area contributed by atoms with Crippen LogP contribution in [0, 0.1) is 5.41 Å². The van der Waals surface area contributed by atoms with Gasteiger partial charge in [0.1, 0.15) is 0 Å². The van der Waals surface area contributed by atoms with E-state index in [2.05, 4.69) is 24.1 Å². The summed E-state index contributed by atoms with van der Waals surface area (Å²) in [6.45, 7) is 4.55. The second kappa shape index (κ2) is 3.15. The van der Waals surface area contributed by atoms with Crippen LogP contribution in [0.1, 0.15) is 26.7 Å². The summed E-state index contributed by atoms with van der Waals surface area (Å²) in [7, 11) is 0. The van der Waals surface area contributed by atoms with Crippen LogP contribution in [-0.2, 0) is 0 Å². The molecule has 0 aromatic carbocycles. The zero-order valence-electron chi connectivity index (χ0n) is 8.75. The second-order valence-electron chi connectivity index (χ2n) is 4.42. The minimum atomic E-state index is 0.477. The normalized spacial score (nSPS) is 30.0. The smallest absolute Gasteiger partial charge is 0.0549 e. The third-order valence-corrected chi connectivity index (χ3v) is 3.26. The number of nitrogens with two attached hydrogens (primary N) is 1. The van der Waals surface area contributed by atoms with Gasteiger partial charge in [-0.3, -0.25) is 4.98 Å². The SMILES string of the molecule is CCC1(C)CC1Nc1cncc(N)c1. The maximum absolute atomic E-state index is 5.65. The van der Waals surface area contributed by atoms with E-state index in [-0.39, 0.29) is 0 Å². The predicted molar refractivity (Wildman–Crippen MR) is 59.1 cm³/mol. The number of pyridine rings is 1. The van der Waals surface area contributed by atoms with Crippen LogP contribution < -0.4 is 11.1 Å². The largest absolute Gasteiger partial charge is 0.397 e. The number of nitrogens with one attached hydrogen (secondary N) is 1. The molecule has 0 bridgehead atoms. The fourth-order valence-electron chi connectivity index (χ4n) is 1.76. The van der Waals surface area contributed by atoms with E-state index < -0.39 is 0 Å².